The first-order valence-electron chi connectivity index (χ1n) is 6.66. The number of hydrogen-bond donors (Lipinski definition) is 2. The first-order chi connectivity index (χ1) is 9.85. The molecule has 0 aliphatic heterocycles. The minimum atomic E-state index is -0.562. The number of methoxy groups -OCH3 is 1. The Morgan fingerprint density at radius 2 is 2.10 bits per heavy atom. The van der Waals surface area contributed by atoms with Gasteiger partial charge in [0.25, 0.3) is 0 Å². The van der Waals surface area contributed by atoms with Gasteiger partial charge >= 0.3 is 0 Å². The first kappa shape index (κ1) is 15.1. The number of nitrogens with zero attached hydrogens (tertiary/aromatic N) is 2. The van der Waals surface area contributed by atoms with Gasteiger partial charge < -0.3 is 15.8 Å². The highest BCUT2D eigenvalue weighted by Gasteiger charge is 2.22. The number of carbonyl (C=O) groups excluding carboxylic acids is 1. The predicted molar refractivity (Wildman–Crippen MR) is 78.6 cm³/mol. The Morgan fingerprint density at radius 3 is 2.67 bits per heavy atom. The zero-order chi connectivity index (χ0) is 15.7. The highest BCUT2D eigenvalue weighted by atomic mass is 19.1. The van der Waals surface area contributed by atoms with Gasteiger partial charge in [0.2, 0.25) is 11.9 Å². The normalized spacial score (nSPS) is 12.7. The summed E-state index contributed by atoms with van der Waals surface area (Å²) in [7, 11) is 1.38. The molecule has 0 saturated carbocycles. The zero-order valence-corrected chi connectivity index (χ0v) is 12.5. The number of aromatic nitrogens is 2. The summed E-state index contributed by atoms with van der Waals surface area (Å²) in [4.78, 5) is 16.2. The van der Waals surface area contributed by atoms with Crippen molar-refractivity contribution >= 4 is 22.9 Å². The summed E-state index contributed by atoms with van der Waals surface area (Å²) < 4.78 is 20.2. The molecule has 3 N–H and O–H groups in total. The van der Waals surface area contributed by atoms with Crippen LogP contribution in [0.15, 0.2) is 12.1 Å². The van der Waals surface area contributed by atoms with E-state index in [2.05, 4.69) is 10.3 Å². The Hall–Kier alpha value is -2.31. The van der Waals surface area contributed by atoms with Gasteiger partial charge in [-0.1, -0.05) is 0 Å². The Morgan fingerprint density at radius 1 is 1.43 bits per heavy atom. The third-order valence-corrected chi connectivity index (χ3v) is 3.19. The fraction of sp³-hybridized carbons (Fsp3) is 0.429. The van der Waals surface area contributed by atoms with E-state index in [4.69, 9.17) is 10.5 Å². The zero-order valence-electron chi connectivity index (χ0n) is 12.5. The van der Waals surface area contributed by atoms with E-state index in [-0.39, 0.29) is 23.6 Å². The highest BCUT2D eigenvalue weighted by Crippen LogP contribution is 2.28. The second-order valence-electron chi connectivity index (χ2n) is 5.15. The average Bonchev–Trinajstić information content (AvgIpc) is 2.70. The van der Waals surface area contributed by atoms with E-state index in [0.717, 1.165) is 0 Å². The lowest BCUT2D eigenvalue weighted by Gasteiger charge is -2.17. The molecule has 114 valence electrons. The van der Waals surface area contributed by atoms with Gasteiger partial charge in [0.05, 0.1) is 18.1 Å². The molecule has 2 aromatic rings. The van der Waals surface area contributed by atoms with E-state index < -0.39 is 11.9 Å². The number of nitrogens with two attached hydrogens (primary N) is 1. The molecule has 0 radical (unpaired) electrons. The summed E-state index contributed by atoms with van der Waals surface area (Å²) in [6, 6.07) is 2.19. The Balaban J connectivity index is 2.52. The molecule has 21 heavy (non-hydrogen) atoms. The first-order valence-corrected chi connectivity index (χ1v) is 6.66. The van der Waals surface area contributed by atoms with Gasteiger partial charge in [-0.2, -0.15) is 0 Å². The van der Waals surface area contributed by atoms with Crippen LogP contribution in [0.2, 0.25) is 0 Å². The molecule has 0 aliphatic rings. The van der Waals surface area contributed by atoms with Crippen LogP contribution in [0, 0.1) is 5.82 Å². The van der Waals surface area contributed by atoms with Crippen molar-refractivity contribution < 1.29 is 13.9 Å². The highest BCUT2D eigenvalue weighted by molar-refractivity contribution is 5.86. The summed E-state index contributed by atoms with van der Waals surface area (Å²) in [6.07, 6.45) is 0. The lowest BCUT2D eigenvalue weighted by atomic mass is 10.2. The predicted octanol–water partition coefficient (Wildman–Crippen LogP) is 1.85. The molecule has 0 aliphatic carbocycles. The maximum atomic E-state index is 13.7. The van der Waals surface area contributed by atoms with E-state index in [9.17, 15) is 9.18 Å². The van der Waals surface area contributed by atoms with Crippen LogP contribution in [0.4, 0.5) is 10.3 Å². The molecular weight excluding hydrogens is 275 g/mol. The number of nitrogen functional groups attached to an aromatic ring is 1. The number of hydrogen-bond acceptors (Lipinski definition) is 4. The van der Waals surface area contributed by atoms with E-state index in [1.165, 1.54) is 19.2 Å². The lowest BCUT2D eigenvalue weighted by Crippen LogP contribution is -2.36. The molecule has 0 spiro atoms. The number of anilines is 1. The van der Waals surface area contributed by atoms with Crippen LogP contribution in [-0.4, -0.2) is 28.6 Å². The summed E-state index contributed by atoms with van der Waals surface area (Å²) in [6.45, 7) is 5.46. The van der Waals surface area contributed by atoms with Crippen molar-refractivity contribution in [1.82, 2.24) is 14.9 Å². The monoisotopic (exact) mass is 294 g/mol. The van der Waals surface area contributed by atoms with Crippen LogP contribution in [0.25, 0.3) is 11.0 Å². The molecule has 1 aromatic carbocycles. The number of carbonyl (C=O) groups is 1. The molecule has 1 unspecified atom stereocenters. The maximum absolute atomic E-state index is 13.7. The van der Waals surface area contributed by atoms with Crippen molar-refractivity contribution in [2.75, 3.05) is 12.8 Å². The number of benzene rings is 1. The molecule has 6 nitrogen and oxygen atoms in total. The lowest BCUT2D eigenvalue weighted by molar-refractivity contribution is -0.124. The smallest absolute Gasteiger partial charge is 0.243 e. The van der Waals surface area contributed by atoms with Crippen molar-refractivity contribution in [3.05, 3.63) is 17.9 Å². The van der Waals surface area contributed by atoms with Crippen LogP contribution in [-0.2, 0) is 4.79 Å². The molecule has 0 bridgehead atoms. The Labute approximate surface area is 122 Å². The largest absolute Gasteiger partial charge is 0.494 e. The van der Waals surface area contributed by atoms with Crippen LogP contribution < -0.4 is 15.8 Å². The van der Waals surface area contributed by atoms with E-state index in [1.807, 2.05) is 13.8 Å². The van der Waals surface area contributed by atoms with Crippen LogP contribution in [0.5, 0.6) is 5.75 Å². The van der Waals surface area contributed by atoms with Gasteiger partial charge in [0, 0.05) is 18.2 Å². The Bertz CT molecular complexity index is 681. The maximum Gasteiger partial charge on any atom is 0.243 e. The van der Waals surface area contributed by atoms with Gasteiger partial charge in [-0.15, -0.1) is 0 Å². The van der Waals surface area contributed by atoms with Crippen LogP contribution in [0.1, 0.15) is 26.8 Å². The quantitative estimate of drug-likeness (QED) is 0.901. The van der Waals surface area contributed by atoms with Crippen molar-refractivity contribution in [2.24, 2.45) is 0 Å². The minimum absolute atomic E-state index is 0.0166. The third-order valence-electron chi connectivity index (χ3n) is 3.19. The van der Waals surface area contributed by atoms with Crippen LogP contribution >= 0.6 is 0 Å². The van der Waals surface area contributed by atoms with Gasteiger partial charge in [0.1, 0.15) is 6.04 Å². The van der Waals surface area contributed by atoms with E-state index >= 15 is 0 Å². The number of fused-ring (bicyclic) bond motifs is 1. The van der Waals surface area contributed by atoms with E-state index in [0.29, 0.717) is 11.0 Å². The molecule has 7 heteroatoms. The second kappa shape index (κ2) is 5.59. The molecule has 1 amide bonds. The van der Waals surface area contributed by atoms with Crippen molar-refractivity contribution in [3.63, 3.8) is 0 Å². The molecule has 1 atom stereocenters. The number of amides is 1. The van der Waals surface area contributed by atoms with Crippen molar-refractivity contribution in [2.45, 2.75) is 32.9 Å². The summed E-state index contributed by atoms with van der Waals surface area (Å²) in [5, 5.41) is 2.81. The molecule has 1 aromatic heterocycles. The SMILES string of the molecule is COc1cc2c(cc1F)nc(N)n2C(C)C(=O)NC(C)C. The minimum Gasteiger partial charge on any atom is -0.494 e. The second-order valence-corrected chi connectivity index (χ2v) is 5.15. The standard InChI is InChI=1S/C14H19FN4O2/c1-7(2)17-13(20)8(3)19-11-6-12(21-4)9(15)5-10(11)18-14(19)16/h5-8H,1-4H3,(H2,16,18)(H,17,20). The molecule has 2 rings (SSSR count). The molecular formula is C14H19FN4O2. The van der Waals surface area contributed by atoms with Crippen molar-refractivity contribution in [1.29, 1.82) is 0 Å². The van der Waals surface area contributed by atoms with E-state index in [1.54, 1.807) is 11.5 Å². The molecule has 1 heterocycles. The number of nitrogens with one attached hydrogen (secondary N) is 1. The number of imidazole rings is 1. The number of rotatable bonds is 4. The van der Waals surface area contributed by atoms with Crippen LogP contribution in [0.3, 0.4) is 0 Å². The van der Waals surface area contributed by atoms with Gasteiger partial charge in [-0.25, -0.2) is 9.37 Å². The fourth-order valence-electron chi connectivity index (χ4n) is 2.20. The fourth-order valence-corrected chi connectivity index (χ4v) is 2.20. The van der Waals surface area contributed by atoms with Gasteiger partial charge in [-0.05, 0) is 20.8 Å². The summed E-state index contributed by atoms with van der Waals surface area (Å²) >= 11 is 0. The topological polar surface area (TPSA) is 82.2 Å². The molecule has 0 fully saturated rings. The van der Waals surface area contributed by atoms with Crippen molar-refractivity contribution in [3.8, 4) is 5.75 Å². The molecule has 0 saturated heterocycles. The number of ether oxygens (including phenoxy) is 1. The van der Waals surface area contributed by atoms with Gasteiger partial charge in [-0.3, -0.25) is 9.36 Å². The third kappa shape index (κ3) is 2.76. The Kier molecular flexibility index (Phi) is 4.02. The number of halogens is 1. The summed E-state index contributed by atoms with van der Waals surface area (Å²) in [5.74, 6) is -0.461. The van der Waals surface area contributed by atoms with Gasteiger partial charge in [0.15, 0.2) is 11.6 Å². The summed E-state index contributed by atoms with van der Waals surface area (Å²) in [5.41, 5.74) is 6.81. The average molecular weight is 294 g/mol.